The summed E-state index contributed by atoms with van der Waals surface area (Å²) in [5, 5.41) is 14.4. The van der Waals surface area contributed by atoms with E-state index in [4.69, 9.17) is 11.6 Å². The molecule has 0 radical (unpaired) electrons. The molecule has 1 aliphatic rings. The summed E-state index contributed by atoms with van der Waals surface area (Å²) >= 11 is 4.81. The van der Waals surface area contributed by atoms with Crippen LogP contribution in [0.25, 0.3) is 11.4 Å². The van der Waals surface area contributed by atoms with E-state index in [0.717, 1.165) is 32.9 Å². The Labute approximate surface area is 128 Å². The van der Waals surface area contributed by atoms with Gasteiger partial charge in [-0.05, 0) is 28.6 Å². The maximum atomic E-state index is 12.7. The Bertz CT molecular complexity index is 822. The molecule has 7 heteroatoms. The highest BCUT2D eigenvalue weighted by molar-refractivity contribution is 7.91. The molecule has 1 aliphatic heterocycles. The van der Waals surface area contributed by atoms with Gasteiger partial charge >= 0.3 is 0 Å². The number of halogens is 1. The van der Waals surface area contributed by atoms with Crippen molar-refractivity contribution in [1.82, 2.24) is 20.6 Å². The van der Waals surface area contributed by atoms with Crippen LogP contribution in [0.2, 0.25) is 5.02 Å². The Hall–Kier alpha value is -1.89. The van der Waals surface area contributed by atoms with Crippen LogP contribution in [0.5, 0.6) is 0 Å². The Kier molecular flexibility index (Phi) is 2.95. The van der Waals surface area contributed by atoms with Gasteiger partial charge in [0.2, 0.25) is 0 Å². The summed E-state index contributed by atoms with van der Waals surface area (Å²) in [6.07, 6.45) is 0.728. The first kappa shape index (κ1) is 12.8. The number of tetrazole rings is 1. The molecule has 0 aliphatic carbocycles. The van der Waals surface area contributed by atoms with E-state index in [2.05, 4.69) is 20.6 Å². The summed E-state index contributed by atoms with van der Waals surface area (Å²) in [6.45, 7) is 0. The highest BCUT2D eigenvalue weighted by atomic mass is 35.5. The molecule has 21 heavy (non-hydrogen) atoms. The summed E-state index contributed by atoms with van der Waals surface area (Å²) in [7, 11) is 0. The molecule has 104 valence electrons. The fourth-order valence-corrected chi connectivity index (χ4v) is 4.10. The number of hydrogen-bond acceptors (Lipinski definition) is 4. The van der Waals surface area contributed by atoms with Crippen molar-refractivity contribution in [2.24, 2.45) is 0 Å². The van der Waals surface area contributed by atoms with Gasteiger partial charge in [0.15, 0.2) is 15.6 Å². The number of H-pyrrole nitrogens is 1. The molecule has 0 saturated carbocycles. The van der Waals surface area contributed by atoms with E-state index in [9.17, 15) is 4.55 Å². The van der Waals surface area contributed by atoms with Crippen LogP contribution in [0.15, 0.2) is 46.2 Å². The number of benzene rings is 2. The van der Waals surface area contributed by atoms with Crippen LogP contribution in [-0.2, 0) is 17.6 Å². The molecule has 2 aromatic carbocycles. The molecule has 5 nitrogen and oxygen atoms in total. The summed E-state index contributed by atoms with van der Waals surface area (Å²) in [6, 6.07) is 11.3. The van der Waals surface area contributed by atoms with Crippen molar-refractivity contribution in [1.29, 1.82) is 0 Å². The largest absolute Gasteiger partial charge is 0.606 e. The molecule has 4 rings (SSSR count). The third-order valence-electron chi connectivity index (χ3n) is 3.49. The van der Waals surface area contributed by atoms with Gasteiger partial charge in [-0.15, -0.1) is 5.10 Å². The number of nitrogens with zero attached hydrogens (tertiary/aromatic N) is 3. The minimum atomic E-state index is -1.21. The first-order chi connectivity index (χ1) is 10.2. The highest BCUT2D eigenvalue weighted by Crippen LogP contribution is 2.37. The zero-order valence-electron chi connectivity index (χ0n) is 10.7. The van der Waals surface area contributed by atoms with Crippen molar-refractivity contribution < 1.29 is 4.55 Å². The van der Waals surface area contributed by atoms with E-state index in [1.165, 1.54) is 0 Å². The molecule has 1 aromatic heterocycles. The molecule has 1 atom stereocenters. The SMILES string of the molecule is [O-][S+]1c2ccc(Cl)cc2Cc2ccc(-c3nnn[nH]3)cc21. The van der Waals surface area contributed by atoms with Crippen molar-refractivity contribution in [2.75, 3.05) is 0 Å². The highest BCUT2D eigenvalue weighted by Gasteiger charge is 2.29. The van der Waals surface area contributed by atoms with Gasteiger partial charge in [-0.3, -0.25) is 0 Å². The summed E-state index contributed by atoms with van der Waals surface area (Å²) in [4.78, 5) is 1.62. The van der Waals surface area contributed by atoms with Gasteiger partial charge in [-0.1, -0.05) is 23.7 Å². The van der Waals surface area contributed by atoms with Crippen molar-refractivity contribution >= 4 is 22.8 Å². The van der Waals surface area contributed by atoms with Crippen LogP contribution in [0.1, 0.15) is 11.1 Å². The van der Waals surface area contributed by atoms with Gasteiger partial charge in [0.05, 0.1) is 0 Å². The van der Waals surface area contributed by atoms with Gasteiger partial charge < -0.3 is 4.55 Å². The molecular weight excluding hydrogens is 308 g/mol. The molecule has 0 amide bonds. The number of nitrogens with one attached hydrogen (secondary N) is 1. The van der Waals surface area contributed by atoms with E-state index in [1.807, 2.05) is 30.3 Å². The number of hydrogen-bond donors (Lipinski definition) is 1. The van der Waals surface area contributed by atoms with E-state index in [0.29, 0.717) is 10.8 Å². The van der Waals surface area contributed by atoms with Crippen molar-refractivity contribution in [3.05, 3.63) is 52.5 Å². The van der Waals surface area contributed by atoms with Crippen molar-refractivity contribution in [3.8, 4) is 11.4 Å². The lowest BCUT2D eigenvalue weighted by molar-refractivity contribution is 0.590. The van der Waals surface area contributed by atoms with Crippen LogP contribution in [0.4, 0.5) is 0 Å². The van der Waals surface area contributed by atoms with E-state index in [1.54, 1.807) is 6.07 Å². The molecule has 1 N–H and O–H groups in total. The lowest BCUT2D eigenvalue weighted by atomic mass is 10.0. The maximum Gasteiger partial charge on any atom is 0.179 e. The van der Waals surface area contributed by atoms with Crippen LogP contribution in [-0.4, -0.2) is 25.2 Å². The molecule has 0 spiro atoms. The first-order valence-electron chi connectivity index (χ1n) is 6.29. The van der Waals surface area contributed by atoms with E-state index in [-0.39, 0.29) is 0 Å². The second-order valence-corrected chi connectivity index (χ2v) is 6.62. The fraction of sp³-hybridized carbons (Fsp3) is 0.0714. The maximum absolute atomic E-state index is 12.7. The standard InChI is InChI=1S/C14H9ClN4OS/c15-11-3-4-12-10(6-11)5-8-1-2-9(7-13(8)21(12)20)14-16-18-19-17-14/h1-4,6-7H,5H2,(H,16,17,18,19). The smallest absolute Gasteiger partial charge is 0.179 e. The first-order valence-corrected chi connectivity index (χ1v) is 7.82. The van der Waals surface area contributed by atoms with Crippen LogP contribution < -0.4 is 0 Å². The predicted octanol–water partition coefficient (Wildman–Crippen LogP) is 2.59. The van der Waals surface area contributed by atoms with E-state index < -0.39 is 11.2 Å². The van der Waals surface area contributed by atoms with Gasteiger partial charge in [0.25, 0.3) is 0 Å². The average Bonchev–Trinajstić information content (AvgIpc) is 3.01. The van der Waals surface area contributed by atoms with Crippen LogP contribution in [0, 0.1) is 0 Å². The normalized spacial score (nSPS) is 16.4. The quantitative estimate of drug-likeness (QED) is 0.700. The Balaban J connectivity index is 1.83. The lowest BCUT2D eigenvalue weighted by Gasteiger charge is -2.22. The lowest BCUT2D eigenvalue weighted by Crippen LogP contribution is -2.14. The third-order valence-corrected chi connectivity index (χ3v) is 5.30. The Morgan fingerprint density at radius 3 is 2.81 bits per heavy atom. The average molecular weight is 317 g/mol. The van der Waals surface area contributed by atoms with Gasteiger partial charge in [0.1, 0.15) is 0 Å². The van der Waals surface area contributed by atoms with Gasteiger partial charge in [-0.2, -0.15) is 0 Å². The van der Waals surface area contributed by atoms with Crippen LogP contribution in [0.3, 0.4) is 0 Å². The molecule has 2 heterocycles. The Morgan fingerprint density at radius 2 is 2.00 bits per heavy atom. The zero-order chi connectivity index (χ0) is 14.4. The summed E-state index contributed by atoms with van der Waals surface area (Å²) in [5.74, 6) is 0.566. The van der Waals surface area contributed by atoms with Gasteiger partial charge in [0, 0.05) is 45.4 Å². The molecule has 3 aromatic rings. The van der Waals surface area contributed by atoms with E-state index >= 15 is 0 Å². The third kappa shape index (κ3) is 2.12. The number of aromatic nitrogens is 4. The molecule has 1 unspecified atom stereocenters. The molecule has 0 fully saturated rings. The second kappa shape index (κ2) is 4.84. The zero-order valence-corrected chi connectivity index (χ0v) is 12.3. The number of aromatic amines is 1. The fourth-order valence-electron chi connectivity index (χ4n) is 2.49. The van der Waals surface area contributed by atoms with Crippen LogP contribution >= 0.6 is 11.6 Å². The minimum Gasteiger partial charge on any atom is -0.606 e. The molecule has 0 saturated heterocycles. The summed E-state index contributed by atoms with van der Waals surface area (Å²) < 4.78 is 12.7. The second-order valence-electron chi connectivity index (χ2n) is 4.77. The molecule has 0 bridgehead atoms. The van der Waals surface area contributed by atoms with Crippen molar-refractivity contribution in [2.45, 2.75) is 16.2 Å². The topological polar surface area (TPSA) is 77.5 Å². The monoisotopic (exact) mass is 316 g/mol. The molecular formula is C14H9ClN4OS. The number of rotatable bonds is 1. The van der Waals surface area contributed by atoms with Gasteiger partial charge in [-0.25, -0.2) is 5.10 Å². The predicted molar refractivity (Wildman–Crippen MR) is 78.5 cm³/mol. The Morgan fingerprint density at radius 1 is 1.10 bits per heavy atom. The summed E-state index contributed by atoms with van der Waals surface area (Å²) in [5.41, 5.74) is 2.88. The minimum absolute atomic E-state index is 0.566. The number of fused-ring (bicyclic) bond motifs is 2. The van der Waals surface area contributed by atoms with Crippen molar-refractivity contribution in [3.63, 3.8) is 0 Å².